The number of hydrogen-bond acceptors (Lipinski definition) is 6. The molecule has 7 rings (SSSR count). The van der Waals surface area contributed by atoms with Crippen LogP contribution in [0.25, 0.3) is 0 Å². The number of nitrogens with zero attached hydrogens (tertiary/aromatic N) is 2. The average molecular weight is 495 g/mol. The number of benzene rings is 1. The molecule has 1 unspecified atom stereocenters. The van der Waals surface area contributed by atoms with Crippen molar-refractivity contribution < 1.29 is 29.6 Å². The molecule has 3 aliphatic carbocycles. The van der Waals surface area contributed by atoms with Crippen molar-refractivity contribution >= 4 is 11.9 Å². The van der Waals surface area contributed by atoms with E-state index in [1.807, 2.05) is 6.07 Å². The molecular formula is C28H34N2O6. The van der Waals surface area contributed by atoms with Crippen LogP contribution in [-0.2, 0) is 21.4 Å². The number of phenols is 1. The van der Waals surface area contributed by atoms with E-state index in [2.05, 4.69) is 4.90 Å². The molecule has 4 fully saturated rings. The third-order valence-electron chi connectivity index (χ3n) is 10.0. The summed E-state index contributed by atoms with van der Waals surface area (Å²) in [7, 11) is 0. The van der Waals surface area contributed by atoms with Gasteiger partial charge < -0.3 is 25.0 Å². The Hall–Kier alpha value is -2.58. The summed E-state index contributed by atoms with van der Waals surface area (Å²) in [6, 6.07) is 3.68. The molecule has 0 radical (unpaired) electrons. The molecule has 8 nitrogen and oxygen atoms in total. The van der Waals surface area contributed by atoms with Crippen molar-refractivity contribution in [3.05, 3.63) is 34.9 Å². The minimum atomic E-state index is -0.989. The number of aromatic hydroxyl groups is 1. The SMILES string of the molecule is O=C(O)C1CCCN(C(=O)/C=C2\CC[C@@]3(O)[C@H]4Cc5ccc(O)c6c5[C@@]3(CCN4CC3CC3)[C@H]2O6)C1. The van der Waals surface area contributed by atoms with Crippen LogP contribution in [0.1, 0.15) is 56.1 Å². The molecule has 3 heterocycles. The number of likely N-dealkylation sites (tertiary alicyclic amines) is 2. The number of amides is 1. The average Bonchev–Trinajstić information content (AvgIpc) is 3.61. The van der Waals surface area contributed by atoms with Crippen molar-refractivity contribution in [3.63, 3.8) is 0 Å². The Morgan fingerprint density at radius 1 is 1.17 bits per heavy atom. The highest BCUT2D eigenvalue weighted by atomic mass is 16.5. The molecule has 1 amide bonds. The lowest BCUT2D eigenvalue weighted by atomic mass is 9.48. The first kappa shape index (κ1) is 22.6. The third kappa shape index (κ3) is 3.00. The van der Waals surface area contributed by atoms with E-state index in [0.717, 1.165) is 48.5 Å². The van der Waals surface area contributed by atoms with Gasteiger partial charge in [0.1, 0.15) is 6.10 Å². The first-order valence-corrected chi connectivity index (χ1v) is 13.5. The minimum Gasteiger partial charge on any atom is -0.504 e. The predicted molar refractivity (Wildman–Crippen MR) is 130 cm³/mol. The summed E-state index contributed by atoms with van der Waals surface area (Å²) in [5, 5.41) is 32.7. The van der Waals surface area contributed by atoms with Crippen molar-refractivity contribution in [2.75, 3.05) is 26.2 Å². The lowest BCUT2D eigenvalue weighted by Gasteiger charge is -2.63. The van der Waals surface area contributed by atoms with Gasteiger partial charge >= 0.3 is 5.97 Å². The Morgan fingerprint density at radius 2 is 2.00 bits per heavy atom. The van der Waals surface area contributed by atoms with Gasteiger partial charge in [-0.25, -0.2) is 0 Å². The first-order chi connectivity index (χ1) is 17.3. The monoisotopic (exact) mass is 494 g/mol. The molecule has 1 aromatic carbocycles. The van der Waals surface area contributed by atoms with Crippen LogP contribution in [0.4, 0.5) is 0 Å². The van der Waals surface area contributed by atoms with Crippen LogP contribution in [0.5, 0.6) is 11.5 Å². The molecule has 3 N–H and O–H groups in total. The van der Waals surface area contributed by atoms with Gasteiger partial charge in [-0.2, -0.15) is 0 Å². The van der Waals surface area contributed by atoms with Crippen LogP contribution in [-0.4, -0.2) is 80.9 Å². The molecule has 3 aliphatic heterocycles. The zero-order valence-corrected chi connectivity index (χ0v) is 20.5. The molecule has 8 heteroatoms. The summed E-state index contributed by atoms with van der Waals surface area (Å²) in [6.07, 6.45) is 7.49. The molecule has 1 aromatic rings. The largest absolute Gasteiger partial charge is 0.504 e. The topological polar surface area (TPSA) is 111 Å². The zero-order chi connectivity index (χ0) is 24.8. The lowest BCUT2D eigenvalue weighted by molar-refractivity contribution is -0.174. The Balaban J connectivity index is 1.27. The molecule has 2 bridgehead atoms. The Labute approximate surface area is 210 Å². The molecule has 5 atom stereocenters. The number of carbonyl (C=O) groups is 2. The Bertz CT molecular complexity index is 1180. The number of carboxylic acid groups (broad SMARTS) is 1. The van der Waals surface area contributed by atoms with E-state index in [0.29, 0.717) is 38.0 Å². The van der Waals surface area contributed by atoms with Crippen LogP contribution < -0.4 is 4.74 Å². The number of ether oxygens (including phenoxy) is 1. The molecule has 1 spiro atoms. The molecular weight excluding hydrogens is 460 g/mol. The van der Waals surface area contributed by atoms with Crippen LogP contribution in [0.3, 0.4) is 0 Å². The van der Waals surface area contributed by atoms with Gasteiger partial charge in [0.2, 0.25) is 5.91 Å². The second kappa shape index (κ2) is 7.71. The van der Waals surface area contributed by atoms with Crippen LogP contribution >= 0.6 is 0 Å². The van der Waals surface area contributed by atoms with Gasteiger partial charge in [-0.15, -0.1) is 0 Å². The van der Waals surface area contributed by atoms with Gasteiger partial charge in [-0.05, 0) is 81.0 Å². The van der Waals surface area contributed by atoms with E-state index in [1.54, 1.807) is 17.0 Å². The zero-order valence-electron chi connectivity index (χ0n) is 20.5. The number of rotatable bonds is 4. The molecule has 192 valence electrons. The number of aliphatic carboxylic acids is 1. The van der Waals surface area contributed by atoms with E-state index in [-0.39, 0.29) is 24.2 Å². The van der Waals surface area contributed by atoms with Crippen molar-refractivity contribution in [1.82, 2.24) is 9.80 Å². The van der Waals surface area contributed by atoms with Crippen LogP contribution in [0.2, 0.25) is 0 Å². The third-order valence-corrected chi connectivity index (χ3v) is 10.0. The smallest absolute Gasteiger partial charge is 0.308 e. The highest BCUT2D eigenvalue weighted by molar-refractivity contribution is 5.89. The second-order valence-electron chi connectivity index (χ2n) is 11.9. The number of aliphatic hydroxyl groups is 1. The summed E-state index contributed by atoms with van der Waals surface area (Å²) in [6.45, 7) is 2.67. The standard InChI is InChI=1S/C28H34N2O6/c31-20-6-5-17-12-21-28(35)8-7-18(13-22(32)30-10-1-2-19(15-30)26(33)34)25-27(28,23(17)24(20)36-25)9-11-29(21)14-16-3-4-16/h5-6,13,16,19,21,25,31,35H,1-4,7-12,14-15H2,(H,33,34)/b18-13+/t19?,21-,25+,27+,28-/m1/s1. The van der Waals surface area contributed by atoms with Crippen LogP contribution in [0.15, 0.2) is 23.8 Å². The second-order valence-corrected chi connectivity index (χ2v) is 11.9. The van der Waals surface area contributed by atoms with Gasteiger partial charge in [-0.1, -0.05) is 6.07 Å². The fourth-order valence-corrected chi connectivity index (χ4v) is 8.11. The summed E-state index contributed by atoms with van der Waals surface area (Å²) < 4.78 is 6.50. The number of carbonyl (C=O) groups excluding carboxylic acids is 1. The molecule has 6 aliphatic rings. The normalized spacial score (nSPS) is 38.0. The fraction of sp³-hybridized carbons (Fsp3) is 0.643. The van der Waals surface area contributed by atoms with E-state index < -0.39 is 29.0 Å². The number of phenolic OH excluding ortho intramolecular Hbond substituents is 1. The molecule has 0 aromatic heterocycles. The lowest BCUT2D eigenvalue weighted by Crippen LogP contribution is -2.75. The quantitative estimate of drug-likeness (QED) is 0.551. The molecule has 36 heavy (non-hydrogen) atoms. The van der Waals surface area contributed by atoms with E-state index in [1.165, 1.54) is 12.8 Å². The highest BCUT2D eigenvalue weighted by Gasteiger charge is 2.72. The summed E-state index contributed by atoms with van der Waals surface area (Å²) >= 11 is 0. The van der Waals surface area contributed by atoms with Gasteiger partial charge in [0.25, 0.3) is 0 Å². The minimum absolute atomic E-state index is 0.00314. The van der Waals surface area contributed by atoms with E-state index in [9.17, 15) is 24.9 Å². The summed E-state index contributed by atoms with van der Waals surface area (Å²) in [5.41, 5.74) is 1.25. The maximum Gasteiger partial charge on any atom is 0.308 e. The predicted octanol–water partition coefficient (Wildman–Crippen LogP) is 2.21. The van der Waals surface area contributed by atoms with Gasteiger partial charge in [0, 0.05) is 37.3 Å². The van der Waals surface area contributed by atoms with Crippen molar-refractivity contribution in [2.24, 2.45) is 11.8 Å². The van der Waals surface area contributed by atoms with Crippen molar-refractivity contribution in [2.45, 2.75) is 74.5 Å². The summed E-state index contributed by atoms with van der Waals surface area (Å²) in [5.74, 6) is -0.284. The van der Waals surface area contributed by atoms with Crippen molar-refractivity contribution in [3.8, 4) is 11.5 Å². The fourth-order valence-electron chi connectivity index (χ4n) is 8.11. The number of hydrogen-bond donors (Lipinski definition) is 3. The highest BCUT2D eigenvalue weighted by Crippen LogP contribution is 2.66. The van der Waals surface area contributed by atoms with Gasteiger partial charge in [0.15, 0.2) is 11.5 Å². The Kier molecular flexibility index (Phi) is 4.84. The summed E-state index contributed by atoms with van der Waals surface area (Å²) in [4.78, 5) is 29.0. The van der Waals surface area contributed by atoms with Gasteiger partial charge in [-0.3, -0.25) is 14.5 Å². The van der Waals surface area contributed by atoms with Crippen molar-refractivity contribution in [1.29, 1.82) is 0 Å². The maximum absolute atomic E-state index is 13.3. The molecule has 2 saturated heterocycles. The van der Waals surface area contributed by atoms with E-state index >= 15 is 0 Å². The van der Waals surface area contributed by atoms with Gasteiger partial charge in [0.05, 0.1) is 16.9 Å². The number of piperidine rings is 2. The molecule has 2 saturated carbocycles. The number of carboxylic acids is 1. The van der Waals surface area contributed by atoms with Crippen LogP contribution in [0, 0.1) is 11.8 Å². The van der Waals surface area contributed by atoms with E-state index in [4.69, 9.17) is 4.74 Å². The maximum atomic E-state index is 13.3. The first-order valence-electron chi connectivity index (χ1n) is 13.5. The Morgan fingerprint density at radius 3 is 2.78 bits per heavy atom.